The molecule has 3 heteroatoms. The van der Waals surface area contributed by atoms with Gasteiger partial charge in [-0.15, -0.1) is 0 Å². The van der Waals surface area contributed by atoms with E-state index in [1.165, 1.54) is 32.1 Å². The van der Waals surface area contributed by atoms with E-state index < -0.39 is 0 Å². The number of alkyl halides is 1. The Morgan fingerprint density at radius 1 is 1.10 bits per heavy atom. The van der Waals surface area contributed by atoms with Crippen molar-refractivity contribution in [3.05, 3.63) is 0 Å². The lowest BCUT2D eigenvalue weighted by atomic mass is 9.51. The smallest absolute Gasteiger partial charge is 0.223 e. The highest BCUT2D eigenvalue weighted by Crippen LogP contribution is 2.56. The lowest BCUT2D eigenvalue weighted by Crippen LogP contribution is -2.52. The molecule has 4 saturated carbocycles. The largest absolute Gasteiger partial charge is 0.352 e. The number of carbonyl (C=O) groups is 1. The molecule has 1 N–H and O–H groups in total. The SMILES string of the molecule is CC(C)CC(CBr)NC(=O)C1C2CC3CC(C2)CC1C3. The molecular weight excluding hydrogens is 314 g/mol. The number of rotatable bonds is 5. The fraction of sp³-hybridized carbons (Fsp3) is 0.941. The van der Waals surface area contributed by atoms with Crippen LogP contribution in [0.25, 0.3) is 0 Å². The topological polar surface area (TPSA) is 29.1 Å². The quantitative estimate of drug-likeness (QED) is 0.752. The number of halogens is 1. The van der Waals surface area contributed by atoms with Crippen LogP contribution in [-0.4, -0.2) is 17.3 Å². The molecule has 1 amide bonds. The molecule has 0 saturated heterocycles. The third kappa shape index (κ3) is 2.93. The highest BCUT2D eigenvalue weighted by molar-refractivity contribution is 9.09. The predicted octanol–water partition coefficient (Wildman–Crippen LogP) is 3.98. The molecule has 0 aliphatic heterocycles. The van der Waals surface area contributed by atoms with Crippen LogP contribution in [0.5, 0.6) is 0 Å². The molecule has 1 atom stereocenters. The molecule has 0 aromatic rings. The average molecular weight is 342 g/mol. The molecule has 0 aromatic heterocycles. The Labute approximate surface area is 131 Å². The summed E-state index contributed by atoms with van der Waals surface area (Å²) in [5.74, 6) is 4.62. The number of amides is 1. The third-order valence-electron chi connectivity index (χ3n) is 5.82. The Kier molecular flexibility index (Phi) is 4.45. The zero-order valence-electron chi connectivity index (χ0n) is 12.8. The molecule has 0 spiro atoms. The molecule has 20 heavy (non-hydrogen) atoms. The van der Waals surface area contributed by atoms with E-state index in [1.807, 2.05) is 0 Å². The fourth-order valence-electron chi connectivity index (χ4n) is 5.38. The van der Waals surface area contributed by atoms with Gasteiger partial charge in [-0.25, -0.2) is 0 Å². The van der Waals surface area contributed by atoms with E-state index in [0.29, 0.717) is 35.6 Å². The van der Waals surface area contributed by atoms with Crippen molar-refractivity contribution in [2.45, 2.75) is 58.4 Å². The van der Waals surface area contributed by atoms with Crippen molar-refractivity contribution in [3.63, 3.8) is 0 Å². The monoisotopic (exact) mass is 341 g/mol. The average Bonchev–Trinajstić information content (AvgIpc) is 2.35. The van der Waals surface area contributed by atoms with Crippen LogP contribution in [0.4, 0.5) is 0 Å². The normalized spacial score (nSPS) is 40.1. The summed E-state index contributed by atoms with van der Waals surface area (Å²) in [5.41, 5.74) is 0. The fourth-order valence-corrected chi connectivity index (χ4v) is 5.81. The van der Waals surface area contributed by atoms with Gasteiger partial charge in [0.1, 0.15) is 0 Å². The van der Waals surface area contributed by atoms with Crippen LogP contribution in [0.1, 0.15) is 52.4 Å². The van der Waals surface area contributed by atoms with Gasteiger partial charge in [-0.2, -0.15) is 0 Å². The van der Waals surface area contributed by atoms with Gasteiger partial charge in [-0.05, 0) is 68.1 Å². The molecule has 4 rings (SSSR count). The van der Waals surface area contributed by atoms with Crippen molar-refractivity contribution in [1.29, 1.82) is 0 Å². The Morgan fingerprint density at radius 2 is 1.65 bits per heavy atom. The molecule has 2 nitrogen and oxygen atoms in total. The van der Waals surface area contributed by atoms with Crippen LogP contribution in [0, 0.1) is 35.5 Å². The Bertz CT molecular complexity index is 340. The maximum absolute atomic E-state index is 12.8. The van der Waals surface area contributed by atoms with Crippen LogP contribution in [-0.2, 0) is 4.79 Å². The summed E-state index contributed by atoms with van der Waals surface area (Å²) in [5, 5.41) is 4.22. The van der Waals surface area contributed by atoms with E-state index in [-0.39, 0.29) is 0 Å². The van der Waals surface area contributed by atoms with Crippen molar-refractivity contribution in [1.82, 2.24) is 5.32 Å². The Morgan fingerprint density at radius 3 is 2.10 bits per heavy atom. The lowest BCUT2D eigenvalue weighted by Gasteiger charge is -2.53. The highest BCUT2D eigenvalue weighted by atomic mass is 79.9. The minimum Gasteiger partial charge on any atom is -0.352 e. The van der Waals surface area contributed by atoms with Gasteiger partial charge in [0.05, 0.1) is 0 Å². The number of hydrogen-bond acceptors (Lipinski definition) is 1. The van der Waals surface area contributed by atoms with Crippen molar-refractivity contribution in [2.24, 2.45) is 35.5 Å². The van der Waals surface area contributed by atoms with Gasteiger partial charge >= 0.3 is 0 Å². The lowest BCUT2D eigenvalue weighted by molar-refractivity contribution is -0.138. The first-order chi connectivity index (χ1) is 9.56. The molecule has 0 heterocycles. The van der Waals surface area contributed by atoms with Crippen molar-refractivity contribution in [3.8, 4) is 0 Å². The second-order valence-electron chi connectivity index (χ2n) is 7.95. The van der Waals surface area contributed by atoms with Crippen molar-refractivity contribution in [2.75, 3.05) is 5.33 Å². The first-order valence-electron chi connectivity index (χ1n) is 8.43. The summed E-state index contributed by atoms with van der Waals surface area (Å²) < 4.78 is 0. The summed E-state index contributed by atoms with van der Waals surface area (Å²) in [6.45, 7) is 4.45. The molecule has 4 bridgehead atoms. The molecule has 4 aliphatic carbocycles. The summed E-state index contributed by atoms with van der Waals surface area (Å²) in [4.78, 5) is 12.8. The summed E-state index contributed by atoms with van der Waals surface area (Å²) >= 11 is 3.56. The molecule has 114 valence electrons. The van der Waals surface area contributed by atoms with Crippen LogP contribution < -0.4 is 5.32 Å². The van der Waals surface area contributed by atoms with Crippen LogP contribution >= 0.6 is 15.9 Å². The Hall–Kier alpha value is -0.0500. The van der Waals surface area contributed by atoms with E-state index >= 15 is 0 Å². The van der Waals surface area contributed by atoms with Gasteiger partial charge in [0.2, 0.25) is 5.91 Å². The molecular formula is C17H28BrNO. The van der Waals surface area contributed by atoms with Gasteiger partial charge < -0.3 is 5.32 Å². The van der Waals surface area contributed by atoms with Gasteiger partial charge in [-0.1, -0.05) is 29.8 Å². The number of nitrogens with one attached hydrogen (secondary N) is 1. The first kappa shape index (κ1) is 14.9. The van der Waals surface area contributed by atoms with E-state index in [1.54, 1.807) is 0 Å². The van der Waals surface area contributed by atoms with E-state index in [2.05, 4.69) is 35.1 Å². The van der Waals surface area contributed by atoms with Gasteiger partial charge in [-0.3, -0.25) is 4.79 Å². The summed E-state index contributed by atoms with van der Waals surface area (Å²) in [6.07, 6.45) is 7.84. The maximum Gasteiger partial charge on any atom is 0.223 e. The van der Waals surface area contributed by atoms with E-state index in [9.17, 15) is 4.79 Å². The zero-order valence-corrected chi connectivity index (χ0v) is 14.4. The summed E-state index contributed by atoms with van der Waals surface area (Å²) in [6, 6.07) is 0.305. The first-order valence-corrected chi connectivity index (χ1v) is 9.55. The van der Waals surface area contributed by atoms with Crippen LogP contribution in [0.3, 0.4) is 0 Å². The third-order valence-corrected chi connectivity index (χ3v) is 6.60. The number of carbonyl (C=O) groups excluding carboxylic acids is 1. The molecule has 0 radical (unpaired) electrons. The van der Waals surface area contributed by atoms with Gasteiger partial charge in [0, 0.05) is 17.3 Å². The Balaban J connectivity index is 1.62. The van der Waals surface area contributed by atoms with Crippen LogP contribution in [0.15, 0.2) is 0 Å². The van der Waals surface area contributed by atoms with Crippen molar-refractivity contribution >= 4 is 21.8 Å². The van der Waals surface area contributed by atoms with Crippen molar-refractivity contribution < 1.29 is 4.79 Å². The van der Waals surface area contributed by atoms with E-state index in [4.69, 9.17) is 0 Å². The maximum atomic E-state index is 12.8. The predicted molar refractivity (Wildman–Crippen MR) is 85.7 cm³/mol. The van der Waals surface area contributed by atoms with Crippen LogP contribution in [0.2, 0.25) is 0 Å². The standard InChI is InChI=1S/C17H28BrNO/c1-10(2)3-15(9-18)19-17(20)16-13-5-11-4-12(7-13)8-14(16)6-11/h10-16H,3-9H2,1-2H3,(H,19,20). The molecule has 0 aromatic carbocycles. The second-order valence-corrected chi connectivity index (χ2v) is 8.59. The molecule has 4 fully saturated rings. The molecule has 1 unspecified atom stereocenters. The number of hydrogen-bond donors (Lipinski definition) is 1. The van der Waals surface area contributed by atoms with Gasteiger partial charge in [0.15, 0.2) is 0 Å². The second kappa shape index (κ2) is 5.98. The highest BCUT2D eigenvalue weighted by Gasteiger charge is 2.50. The van der Waals surface area contributed by atoms with E-state index in [0.717, 1.165) is 23.6 Å². The summed E-state index contributed by atoms with van der Waals surface area (Å²) in [7, 11) is 0. The zero-order chi connectivity index (χ0) is 14.3. The minimum atomic E-state index is 0.305. The minimum absolute atomic E-state index is 0.305. The molecule has 4 aliphatic rings. The van der Waals surface area contributed by atoms with Gasteiger partial charge in [0.25, 0.3) is 0 Å².